The van der Waals surface area contributed by atoms with Gasteiger partial charge in [-0.15, -0.1) is 0 Å². The molecule has 0 aromatic carbocycles. The lowest BCUT2D eigenvalue weighted by Gasteiger charge is -2.06. The summed E-state index contributed by atoms with van der Waals surface area (Å²) in [5.41, 5.74) is 2.29. The van der Waals surface area contributed by atoms with Crippen molar-refractivity contribution in [3.8, 4) is 0 Å². The minimum absolute atomic E-state index is 0.858. The number of nitrogens with one attached hydrogen (secondary N) is 1. The number of aromatic nitrogens is 2. The van der Waals surface area contributed by atoms with Gasteiger partial charge in [0, 0.05) is 19.7 Å². The number of dihydropyridines is 1. The minimum atomic E-state index is 0.858. The lowest BCUT2D eigenvalue weighted by atomic mass is 10.1. The first-order valence-corrected chi connectivity index (χ1v) is 4.74. The van der Waals surface area contributed by atoms with Crippen LogP contribution < -0.4 is 10.6 Å². The van der Waals surface area contributed by atoms with E-state index in [1.165, 1.54) is 5.57 Å². The first-order chi connectivity index (χ1) is 6.81. The number of aryl methyl sites for hydroxylation is 1. The molecular formula is C10H15N4+. The van der Waals surface area contributed by atoms with Gasteiger partial charge in [0.15, 0.2) is 0 Å². The van der Waals surface area contributed by atoms with Crippen molar-refractivity contribution >= 4 is 11.4 Å². The summed E-state index contributed by atoms with van der Waals surface area (Å²) >= 11 is 0. The highest BCUT2D eigenvalue weighted by Crippen LogP contribution is 2.15. The van der Waals surface area contributed by atoms with Crippen LogP contribution in [0.15, 0.2) is 24.4 Å². The maximum absolute atomic E-state index is 4.45. The van der Waals surface area contributed by atoms with E-state index in [-0.39, 0.29) is 0 Å². The maximum atomic E-state index is 4.45. The van der Waals surface area contributed by atoms with Crippen LogP contribution in [0.25, 0.3) is 5.57 Å². The smallest absolute Gasteiger partial charge is 0.222 e. The Morgan fingerprint density at radius 1 is 1.57 bits per heavy atom. The molecule has 0 bridgehead atoms. The van der Waals surface area contributed by atoms with Crippen molar-refractivity contribution in [2.24, 2.45) is 7.05 Å². The molecular weight excluding hydrogens is 176 g/mol. The fourth-order valence-electron chi connectivity index (χ4n) is 1.54. The monoisotopic (exact) mass is 191 g/mol. The molecule has 4 nitrogen and oxygen atoms in total. The molecule has 0 saturated carbocycles. The quantitative estimate of drug-likeness (QED) is 0.677. The highest BCUT2D eigenvalue weighted by molar-refractivity contribution is 5.67. The number of nitrogens with two attached hydrogens (primary N) is 1. The second-order valence-electron chi connectivity index (χ2n) is 3.30. The van der Waals surface area contributed by atoms with Crippen LogP contribution in [0.5, 0.6) is 0 Å². The van der Waals surface area contributed by atoms with Crippen molar-refractivity contribution < 1.29 is 5.32 Å². The van der Waals surface area contributed by atoms with Gasteiger partial charge >= 0.3 is 0 Å². The van der Waals surface area contributed by atoms with Crippen LogP contribution in [0.1, 0.15) is 5.69 Å². The molecule has 0 spiro atoms. The van der Waals surface area contributed by atoms with Gasteiger partial charge in [0.1, 0.15) is 0 Å². The number of hydrogen-bond acceptors (Lipinski definition) is 2. The van der Waals surface area contributed by atoms with E-state index in [1.807, 2.05) is 31.1 Å². The summed E-state index contributed by atoms with van der Waals surface area (Å²) in [6.07, 6.45) is 6.04. The van der Waals surface area contributed by atoms with E-state index in [0.29, 0.717) is 0 Å². The van der Waals surface area contributed by atoms with Gasteiger partial charge < -0.3 is 10.6 Å². The van der Waals surface area contributed by atoms with Crippen molar-refractivity contribution in [1.29, 1.82) is 0 Å². The first-order valence-electron chi connectivity index (χ1n) is 4.74. The van der Waals surface area contributed by atoms with E-state index in [0.717, 1.165) is 18.1 Å². The molecule has 1 aliphatic rings. The van der Waals surface area contributed by atoms with Crippen LogP contribution in [0.2, 0.25) is 0 Å². The highest BCUT2D eigenvalue weighted by Gasteiger charge is 2.10. The summed E-state index contributed by atoms with van der Waals surface area (Å²) in [6.45, 7) is 0.858. The Hall–Kier alpha value is -1.55. The van der Waals surface area contributed by atoms with Gasteiger partial charge in [0.25, 0.3) is 0 Å². The number of hydrogen-bond donors (Lipinski definition) is 2. The van der Waals surface area contributed by atoms with Gasteiger partial charge in [0.05, 0.1) is 12.7 Å². The lowest BCUT2D eigenvalue weighted by Crippen LogP contribution is -2.73. The zero-order chi connectivity index (χ0) is 9.97. The van der Waals surface area contributed by atoms with Crippen LogP contribution >= 0.6 is 0 Å². The highest BCUT2D eigenvalue weighted by atomic mass is 15.3. The molecule has 14 heavy (non-hydrogen) atoms. The molecule has 0 atom stereocenters. The van der Waals surface area contributed by atoms with Gasteiger partial charge in [-0.25, -0.2) is 4.68 Å². The van der Waals surface area contributed by atoms with Gasteiger partial charge in [-0.3, -0.25) is 0 Å². The molecule has 2 rings (SSSR count). The largest absolute Gasteiger partial charge is 0.387 e. The molecule has 1 aromatic heterocycles. The Kier molecular flexibility index (Phi) is 2.37. The number of nitrogens with zero attached hydrogens (tertiary/aromatic N) is 2. The predicted octanol–water partition coefficient (Wildman–Crippen LogP) is -0.255. The van der Waals surface area contributed by atoms with Crippen LogP contribution in [-0.2, 0) is 7.05 Å². The van der Waals surface area contributed by atoms with Gasteiger partial charge in [-0.2, -0.15) is 5.10 Å². The van der Waals surface area contributed by atoms with Crippen LogP contribution in [-0.4, -0.2) is 23.4 Å². The Morgan fingerprint density at radius 2 is 2.43 bits per heavy atom. The molecule has 4 heteroatoms. The fourth-order valence-corrected chi connectivity index (χ4v) is 1.54. The van der Waals surface area contributed by atoms with E-state index in [9.17, 15) is 0 Å². The topological polar surface area (TPSA) is 46.5 Å². The van der Waals surface area contributed by atoms with E-state index in [1.54, 1.807) is 0 Å². The van der Waals surface area contributed by atoms with E-state index in [2.05, 4.69) is 27.9 Å². The van der Waals surface area contributed by atoms with Crippen molar-refractivity contribution in [1.82, 2.24) is 15.1 Å². The number of rotatable bonds is 2. The number of allylic oxidation sites excluding steroid dienone is 2. The minimum Gasteiger partial charge on any atom is -0.387 e. The molecule has 0 aliphatic carbocycles. The zero-order valence-electron chi connectivity index (χ0n) is 8.49. The van der Waals surface area contributed by atoms with Crippen molar-refractivity contribution in [2.75, 3.05) is 13.6 Å². The van der Waals surface area contributed by atoms with E-state index >= 15 is 0 Å². The maximum Gasteiger partial charge on any atom is 0.222 e. The summed E-state index contributed by atoms with van der Waals surface area (Å²) in [5, 5.41) is 9.68. The Bertz CT molecular complexity index is 387. The molecule has 2 heterocycles. The third-order valence-electron chi connectivity index (χ3n) is 2.34. The summed E-state index contributed by atoms with van der Waals surface area (Å²) in [6, 6.07) is 2.10. The summed E-state index contributed by atoms with van der Waals surface area (Å²) in [4.78, 5) is 0. The average Bonchev–Trinajstić information content (AvgIpc) is 2.61. The van der Waals surface area contributed by atoms with Crippen molar-refractivity contribution in [2.45, 2.75) is 0 Å². The Morgan fingerprint density at radius 3 is 3.00 bits per heavy atom. The summed E-state index contributed by atoms with van der Waals surface area (Å²) in [7, 11) is 3.99. The van der Waals surface area contributed by atoms with Crippen LogP contribution in [0.4, 0.5) is 5.82 Å². The van der Waals surface area contributed by atoms with E-state index in [4.69, 9.17) is 0 Å². The molecule has 0 amide bonds. The first kappa shape index (κ1) is 9.02. The lowest BCUT2D eigenvalue weighted by molar-refractivity contribution is -0.545. The standard InChI is InChI=1S/C10H14N4/c1-11-10-6-9(13-14(10)2)8-4-3-5-12-7-8/h3-6,11-12H,7H2,1-2H3/p+1. The second kappa shape index (κ2) is 3.67. The molecule has 0 fully saturated rings. The van der Waals surface area contributed by atoms with Gasteiger partial charge in [0.2, 0.25) is 5.82 Å². The number of quaternary nitrogens is 1. The molecule has 1 aliphatic heterocycles. The Balaban J connectivity index is 2.32. The normalized spacial score (nSPS) is 15.1. The van der Waals surface area contributed by atoms with Crippen molar-refractivity contribution in [3.63, 3.8) is 0 Å². The average molecular weight is 191 g/mol. The zero-order valence-corrected chi connectivity index (χ0v) is 8.49. The van der Waals surface area contributed by atoms with Gasteiger partial charge in [-0.1, -0.05) is 6.08 Å². The predicted molar refractivity (Wildman–Crippen MR) is 55.8 cm³/mol. The Labute approximate surface area is 83.3 Å². The molecule has 3 N–H and O–H groups in total. The summed E-state index contributed by atoms with van der Waals surface area (Å²) in [5.74, 6) is 1.15. The van der Waals surface area contributed by atoms with Crippen LogP contribution in [0.3, 0.4) is 0 Å². The van der Waals surface area contributed by atoms with E-state index < -0.39 is 0 Å². The van der Waals surface area contributed by atoms with Crippen LogP contribution in [0, 0.1) is 0 Å². The third-order valence-corrected chi connectivity index (χ3v) is 2.34. The SMILES string of the molecule is C[NH2+]c1cc(C2=CC=CNC2)nn1C. The molecule has 0 radical (unpaired) electrons. The second-order valence-corrected chi connectivity index (χ2v) is 3.30. The molecule has 0 saturated heterocycles. The van der Waals surface area contributed by atoms with Gasteiger partial charge in [-0.05, 0) is 17.8 Å². The fraction of sp³-hybridized carbons (Fsp3) is 0.300. The van der Waals surface area contributed by atoms with Crippen molar-refractivity contribution in [3.05, 3.63) is 30.1 Å². The molecule has 0 unspecified atom stereocenters. The third kappa shape index (κ3) is 1.56. The molecule has 1 aromatic rings. The molecule has 74 valence electrons. The summed E-state index contributed by atoms with van der Waals surface area (Å²) < 4.78 is 1.90.